The summed E-state index contributed by atoms with van der Waals surface area (Å²) in [6.07, 6.45) is 0.857. The van der Waals surface area contributed by atoms with Gasteiger partial charge in [0, 0.05) is 18.3 Å². The third-order valence-corrected chi connectivity index (χ3v) is 2.66. The molecule has 0 saturated carbocycles. The Morgan fingerprint density at radius 2 is 2.00 bits per heavy atom. The number of likely N-dealkylation sites (tertiary alicyclic amines) is 1. The van der Waals surface area contributed by atoms with E-state index >= 15 is 0 Å². The Morgan fingerprint density at radius 1 is 1.40 bits per heavy atom. The first-order valence-electron chi connectivity index (χ1n) is 5.44. The van der Waals surface area contributed by atoms with Crippen molar-refractivity contribution in [2.45, 2.75) is 45.0 Å². The maximum absolute atomic E-state index is 11.8. The highest BCUT2D eigenvalue weighted by atomic mass is 32.1. The highest BCUT2D eigenvalue weighted by molar-refractivity contribution is 7.81. The standard InChI is InChI=1S/C11H21NO2S/c1-8-5-9(15)7-12(6-8)10(13)14-11(2,3)4/h8-9,15H,5-7H2,1-4H3. The molecule has 0 bridgehead atoms. The smallest absolute Gasteiger partial charge is 0.410 e. The fraction of sp³-hybridized carbons (Fsp3) is 0.909. The molecule has 1 amide bonds. The highest BCUT2D eigenvalue weighted by Gasteiger charge is 2.29. The summed E-state index contributed by atoms with van der Waals surface area (Å²) in [5.74, 6) is 0.508. The lowest BCUT2D eigenvalue weighted by molar-refractivity contribution is 0.0181. The molecule has 4 heteroatoms. The average molecular weight is 231 g/mol. The second-order valence-corrected chi connectivity index (χ2v) is 6.11. The molecule has 0 aliphatic carbocycles. The molecule has 15 heavy (non-hydrogen) atoms. The van der Waals surface area contributed by atoms with Crippen molar-refractivity contribution < 1.29 is 9.53 Å². The van der Waals surface area contributed by atoms with Crippen LogP contribution in [0.5, 0.6) is 0 Å². The van der Waals surface area contributed by atoms with Crippen molar-refractivity contribution in [3.63, 3.8) is 0 Å². The Morgan fingerprint density at radius 3 is 2.47 bits per heavy atom. The van der Waals surface area contributed by atoms with Gasteiger partial charge in [-0.2, -0.15) is 12.6 Å². The van der Waals surface area contributed by atoms with Crippen LogP contribution in [-0.4, -0.2) is 34.9 Å². The van der Waals surface area contributed by atoms with Crippen molar-refractivity contribution in [1.82, 2.24) is 4.90 Å². The fourth-order valence-electron chi connectivity index (χ4n) is 1.79. The van der Waals surface area contributed by atoms with Crippen molar-refractivity contribution >= 4 is 18.7 Å². The van der Waals surface area contributed by atoms with Crippen molar-refractivity contribution in [3.8, 4) is 0 Å². The molecule has 1 fully saturated rings. The van der Waals surface area contributed by atoms with Crippen LogP contribution in [0.3, 0.4) is 0 Å². The van der Waals surface area contributed by atoms with Crippen LogP contribution in [0.2, 0.25) is 0 Å². The molecule has 2 unspecified atom stereocenters. The lowest BCUT2D eigenvalue weighted by atomic mass is 10.0. The number of hydrogen-bond donors (Lipinski definition) is 1. The number of rotatable bonds is 0. The molecule has 0 spiro atoms. The first kappa shape index (κ1) is 12.7. The van der Waals surface area contributed by atoms with Gasteiger partial charge in [-0.1, -0.05) is 6.92 Å². The summed E-state index contributed by atoms with van der Waals surface area (Å²) in [6, 6.07) is 0. The highest BCUT2D eigenvalue weighted by Crippen LogP contribution is 2.21. The molecular formula is C11H21NO2S. The third-order valence-electron chi connectivity index (χ3n) is 2.29. The Hall–Kier alpha value is -0.380. The normalized spacial score (nSPS) is 27.7. The van der Waals surface area contributed by atoms with Gasteiger partial charge in [0.15, 0.2) is 0 Å². The molecule has 1 heterocycles. The first-order chi connectivity index (χ1) is 6.78. The van der Waals surface area contributed by atoms with Crippen LogP contribution in [0, 0.1) is 5.92 Å². The minimum Gasteiger partial charge on any atom is -0.444 e. The van der Waals surface area contributed by atoms with Crippen LogP contribution in [0.1, 0.15) is 34.1 Å². The topological polar surface area (TPSA) is 29.5 Å². The number of carbonyl (C=O) groups excluding carboxylic acids is 1. The summed E-state index contributed by atoms with van der Waals surface area (Å²) in [7, 11) is 0. The quantitative estimate of drug-likeness (QED) is 0.649. The molecule has 1 rings (SSSR count). The van der Waals surface area contributed by atoms with Gasteiger partial charge in [0.1, 0.15) is 5.60 Å². The Balaban J connectivity index is 2.52. The van der Waals surface area contributed by atoms with Crippen LogP contribution >= 0.6 is 12.6 Å². The second-order valence-electron chi connectivity index (χ2n) is 5.38. The summed E-state index contributed by atoms with van der Waals surface area (Å²) in [5.41, 5.74) is -0.413. The molecule has 0 N–H and O–H groups in total. The van der Waals surface area contributed by atoms with E-state index in [4.69, 9.17) is 4.74 Å². The Kier molecular flexibility index (Phi) is 3.93. The lowest BCUT2D eigenvalue weighted by Crippen LogP contribution is -2.46. The number of piperidine rings is 1. The fourth-order valence-corrected chi connectivity index (χ4v) is 2.35. The predicted molar refractivity (Wildman–Crippen MR) is 64.4 cm³/mol. The van der Waals surface area contributed by atoms with E-state index in [9.17, 15) is 4.79 Å². The zero-order chi connectivity index (χ0) is 11.6. The molecule has 1 aliphatic rings. The van der Waals surface area contributed by atoms with E-state index in [2.05, 4.69) is 19.6 Å². The maximum atomic E-state index is 11.8. The Labute approximate surface area is 97.6 Å². The average Bonchev–Trinajstić information content (AvgIpc) is 1.98. The summed E-state index contributed by atoms with van der Waals surface area (Å²) < 4.78 is 5.33. The zero-order valence-electron chi connectivity index (χ0n) is 9.99. The van der Waals surface area contributed by atoms with Gasteiger partial charge in [-0.05, 0) is 33.1 Å². The van der Waals surface area contributed by atoms with E-state index in [0.717, 1.165) is 13.0 Å². The predicted octanol–water partition coefficient (Wildman–Crippen LogP) is 2.56. The summed E-state index contributed by atoms with van der Waals surface area (Å²) >= 11 is 4.44. The van der Waals surface area contributed by atoms with Crippen LogP contribution in [0.25, 0.3) is 0 Å². The zero-order valence-corrected chi connectivity index (χ0v) is 10.9. The minimum absolute atomic E-state index is 0.215. The molecule has 0 aromatic rings. The van der Waals surface area contributed by atoms with Crippen molar-refractivity contribution in [2.24, 2.45) is 5.92 Å². The van der Waals surface area contributed by atoms with E-state index in [-0.39, 0.29) is 11.3 Å². The minimum atomic E-state index is -0.413. The van der Waals surface area contributed by atoms with Gasteiger partial charge in [-0.3, -0.25) is 0 Å². The van der Waals surface area contributed by atoms with Crippen molar-refractivity contribution in [2.75, 3.05) is 13.1 Å². The maximum Gasteiger partial charge on any atom is 0.410 e. The summed E-state index contributed by atoms with van der Waals surface area (Å²) in [6.45, 7) is 9.28. The number of ether oxygens (including phenoxy) is 1. The molecule has 2 atom stereocenters. The number of thiol groups is 1. The molecule has 3 nitrogen and oxygen atoms in total. The lowest BCUT2D eigenvalue weighted by Gasteiger charge is -2.35. The molecule has 0 aromatic carbocycles. The van der Waals surface area contributed by atoms with Gasteiger partial charge < -0.3 is 9.64 Å². The monoisotopic (exact) mass is 231 g/mol. The number of nitrogens with zero attached hydrogens (tertiary/aromatic N) is 1. The van der Waals surface area contributed by atoms with Crippen LogP contribution in [0.4, 0.5) is 4.79 Å². The van der Waals surface area contributed by atoms with Crippen LogP contribution < -0.4 is 0 Å². The van der Waals surface area contributed by atoms with Crippen LogP contribution in [-0.2, 0) is 4.74 Å². The summed E-state index contributed by atoms with van der Waals surface area (Å²) in [5, 5.41) is 0.279. The van der Waals surface area contributed by atoms with Gasteiger partial charge >= 0.3 is 6.09 Å². The van der Waals surface area contributed by atoms with Gasteiger partial charge in [0.05, 0.1) is 0 Å². The molecular weight excluding hydrogens is 210 g/mol. The second kappa shape index (κ2) is 4.64. The largest absolute Gasteiger partial charge is 0.444 e. The Bertz CT molecular complexity index is 227. The SMILES string of the molecule is CC1CC(S)CN(C(=O)OC(C)(C)C)C1. The van der Waals surface area contributed by atoms with Gasteiger partial charge in [-0.25, -0.2) is 4.79 Å². The number of hydrogen-bond acceptors (Lipinski definition) is 3. The summed E-state index contributed by atoms with van der Waals surface area (Å²) in [4.78, 5) is 13.5. The third kappa shape index (κ3) is 4.33. The molecule has 1 aliphatic heterocycles. The molecule has 88 valence electrons. The van der Waals surface area contributed by atoms with Crippen LogP contribution in [0.15, 0.2) is 0 Å². The van der Waals surface area contributed by atoms with Crippen molar-refractivity contribution in [3.05, 3.63) is 0 Å². The number of carbonyl (C=O) groups is 1. The van der Waals surface area contributed by atoms with E-state index in [1.807, 2.05) is 20.8 Å². The van der Waals surface area contributed by atoms with Crippen molar-refractivity contribution in [1.29, 1.82) is 0 Å². The van der Waals surface area contributed by atoms with E-state index < -0.39 is 5.60 Å². The van der Waals surface area contributed by atoms with Gasteiger partial charge in [0.2, 0.25) is 0 Å². The number of amides is 1. The molecule has 0 aromatic heterocycles. The molecule has 1 saturated heterocycles. The van der Waals surface area contributed by atoms with E-state index in [0.29, 0.717) is 12.5 Å². The molecule has 0 radical (unpaired) electrons. The van der Waals surface area contributed by atoms with Gasteiger partial charge in [0.25, 0.3) is 0 Å². The van der Waals surface area contributed by atoms with E-state index in [1.54, 1.807) is 4.90 Å². The van der Waals surface area contributed by atoms with E-state index in [1.165, 1.54) is 0 Å². The first-order valence-corrected chi connectivity index (χ1v) is 5.95. The van der Waals surface area contributed by atoms with Gasteiger partial charge in [-0.15, -0.1) is 0 Å².